The Bertz CT molecular complexity index is 508. The molecule has 2 nitrogen and oxygen atoms in total. The van der Waals surface area contributed by atoms with Crippen molar-refractivity contribution >= 4 is 0 Å². The zero-order chi connectivity index (χ0) is 12.1. The predicted octanol–water partition coefficient (Wildman–Crippen LogP) is 2.64. The first kappa shape index (κ1) is 10.6. The normalized spacial score (nSPS) is 35.2. The van der Waals surface area contributed by atoms with Gasteiger partial charge in [0.2, 0.25) is 0 Å². The van der Waals surface area contributed by atoms with Crippen molar-refractivity contribution in [1.29, 1.82) is 0 Å². The Hall–Kier alpha value is -1.28. The summed E-state index contributed by atoms with van der Waals surface area (Å²) in [5, 5.41) is 3.66. The summed E-state index contributed by atoms with van der Waals surface area (Å²) < 4.78 is 6.15. The van der Waals surface area contributed by atoms with Crippen molar-refractivity contribution in [3.05, 3.63) is 41.5 Å². The molecule has 2 heteroatoms. The molecule has 1 aliphatic heterocycles. The Morgan fingerprint density at radius 1 is 1.39 bits per heavy atom. The molecule has 2 aliphatic carbocycles. The lowest BCUT2D eigenvalue weighted by Gasteiger charge is -2.39. The summed E-state index contributed by atoms with van der Waals surface area (Å²) in [5.74, 6) is 2.34. The van der Waals surface area contributed by atoms with E-state index in [1.54, 1.807) is 0 Å². The molecular formula is C16H19NO. The average Bonchev–Trinajstić information content (AvgIpc) is 2.77. The Balaban J connectivity index is 1.84. The highest BCUT2D eigenvalue weighted by Gasteiger charge is 2.46. The minimum Gasteiger partial charge on any atom is -0.489 e. The molecule has 0 fully saturated rings. The molecule has 4 atom stereocenters. The number of rotatable bonds is 2. The van der Waals surface area contributed by atoms with Gasteiger partial charge in [-0.15, -0.1) is 0 Å². The van der Waals surface area contributed by atoms with Crippen molar-refractivity contribution in [1.82, 2.24) is 5.32 Å². The van der Waals surface area contributed by atoms with Gasteiger partial charge in [0.25, 0.3) is 0 Å². The van der Waals surface area contributed by atoms with Gasteiger partial charge in [0.15, 0.2) is 0 Å². The smallest absolute Gasteiger partial charge is 0.123 e. The monoisotopic (exact) mass is 241 g/mol. The average molecular weight is 241 g/mol. The second-order valence-corrected chi connectivity index (χ2v) is 5.62. The van der Waals surface area contributed by atoms with Crippen molar-refractivity contribution in [2.75, 3.05) is 6.54 Å². The maximum absolute atomic E-state index is 6.15. The summed E-state index contributed by atoms with van der Waals surface area (Å²) >= 11 is 0. The standard InChI is InChI=1S/C16H19NO/c1-2-17-12-9-10-5-3-7-13-15(10)16-11(12)6-4-8-14(16)18-13/h3-7,11-12,14,16-17H,2,8-9H2,1H3. The third-order valence-electron chi connectivity index (χ3n) is 4.68. The molecule has 0 spiro atoms. The van der Waals surface area contributed by atoms with Crippen molar-refractivity contribution in [3.8, 4) is 5.75 Å². The van der Waals surface area contributed by atoms with Gasteiger partial charge in [0.05, 0.1) is 0 Å². The summed E-state index contributed by atoms with van der Waals surface area (Å²) in [6.45, 7) is 3.24. The van der Waals surface area contributed by atoms with Crippen molar-refractivity contribution in [2.45, 2.75) is 37.8 Å². The molecule has 3 aliphatic rings. The molecule has 94 valence electrons. The van der Waals surface area contributed by atoms with E-state index < -0.39 is 0 Å². The van der Waals surface area contributed by atoms with Gasteiger partial charge in [-0.05, 0) is 24.6 Å². The van der Waals surface area contributed by atoms with Crippen LogP contribution in [0.3, 0.4) is 0 Å². The molecule has 0 saturated heterocycles. The van der Waals surface area contributed by atoms with Crippen molar-refractivity contribution in [3.63, 3.8) is 0 Å². The zero-order valence-corrected chi connectivity index (χ0v) is 10.7. The van der Waals surface area contributed by atoms with Gasteiger partial charge >= 0.3 is 0 Å². The second-order valence-electron chi connectivity index (χ2n) is 5.62. The van der Waals surface area contributed by atoms with E-state index in [-0.39, 0.29) is 0 Å². The van der Waals surface area contributed by atoms with Gasteiger partial charge in [0.1, 0.15) is 11.9 Å². The molecular weight excluding hydrogens is 222 g/mol. The fourth-order valence-electron chi connectivity index (χ4n) is 4.02. The molecule has 4 rings (SSSR count). The minimum absolute atomic E-state index is 0.373. The van der Waals surface area contributed by atoms with Crippen LogP contribution in [0.4, 0.5) is 0 Å². The summed E-state index contributed by atoms with van der Waals surface area (Å²) in [6, 6.07) is 7.14. The van der Waals surface area contributed by atoms with Crippen molar-refractivity contribution < 1.29 is 4.74 Å². The van der Waals surface area contributed by atoms with Gasteiger partial charge in [-0.3, -0.25) is 0 Å². The number of likely N-dealkylation sites (N-methyl/N-ethyl adjacent to an activating group) is 1. The molecule has 18 heavy (non-hydrogen) atoms. The van der Waals surface area contributed by atoms with Crippen molar-refractivity contribution in [2.24, 2.45) is 5.92 Å². The van der Waals surface area contributed by atoms with Crippen LogP contribution in [0.1, 0.15) is 30.4 Å². The Morgan fingerprint density at radius 3 is 3.22 bits per heavy atom. The predicted molar refractivity (Wildman–Crippen MR) is 72.0 cm³/mol. The SMILES string of the molecule is CCNC1Cc2cccc3c2C2C(CC=CC12)O3. The Morgan fingerprint density at radius 2 is 2.33 bits per heavy atom. The van der Waals surface area contributed by atoms with E-state index in [1.807, 2.05) is 0 Å². The largest absolute Gasteiger partial charge is 0.489 e. The minimum atomic E-state index is 0.373. The molecule has 0 bridgehead atoms. The quantitative estimate of drug-likeness (QED) is 0.804. The number of nitrogens with one attached hydrogen (secondary N) is 1. The maximum atomic E-state index is 6.15. The number of ether oxygens (including phenoxy) is 1. The molecule has 1 aromatic carbocycles. The van der Waals surface area contributed by atoms with E-state index in [0.717, 1.165) is 25.1 Å². The highest BCUT2D eigenvalue weighted by molar-refractivity contribution is 5.51. The lowest BCUT2D eigenvalue weighted by molar-refractivity contribution is 0.163. The number of hydrogen-bond donors (Lipinski definition) is 1. The van der Waals surface area contributed by atoms with Crippen LogP contribution in [0.2, 0.25) is 0 Å². The van der Waals surface area contributed by atoms with E-state index in [9.17, 15) is 0 Å². The summed E-state index contributed by atoms with van der Waals surface area (Å²) in [4.78, 5) is 0. The van der Waals surface area contributed by atoms with Crippen LogP contribution in [0.25, 0.3) is 0 Å². The van der Waals surface area contributed by atoms with Crippen LogP contribution in [-0.2, 0) is 6.42 Å². The first-order valence-corrected chi connectivity index (χ1v) is 7.07. The van der Waals surface area contributed by atoms with Crippen LogP contribution in [-0.4, -0.2) is 18.7 Å². The number of benzene rings is 1. The van der Waals surface area contributed by atoms with Crippen LogP contribution in [0.15, 0.2) is 30.4 Å². The lowest BCUT2D eigenvalue weighted by atomic mass is 9.68. The zero-order valence-electron chi connectivity index (χ0n) is 10.7. The van der Waals surface area contributed by atoms with Gasteiger partial charge < -0.3 is 10.1 Å². The highest BCUT2D eigenvalue weighted by atomic mass is 16.5. The second kappa shape index (κ2) is 3.86. The lowest BCUT2D eigenvalue weighted by Crippen LogP contribution is -2.46. The molecule has 0 radical (unpaired) electrons. The van der Waals surface area contributed by atoms with E-state index in [4.69, 9.17) is 4.74 Å². The molecule has 1 N–H and O–H groups in total. The summed E-state index contributed by atoms with van der Waals surface area (Å²) in [6.07, 6.45) is 7.31. The fraction of sp³-hybridized carbons (Fsp3) is 0.500. The van der Waals surface area contributed by atoms with Gasteiger partial charge in [-0.1, -0.05) is 31.2 Å². The van der Waals surface area contributed by atoms with Gasteiger partial charge in [-0.2, -0.15) is 0 Å². The Kier molecular flexibility index (Phi) is 2.28. The van der Waals surface area contributed by atoms with Crippen LogP contribution in [0.5, 0.6) is 5.75 Å². The van der Waals surface area contributed by atoms with E-state index in [1.165, 1.54) is 11.1 Å². The first-order chi connectivity index (χ1) is 8.88. The molecule has 1 heterocycles. The Labute approximate surface area is 108 Å². The fourth-order valence-corrected chi connectivity index (χ4v) is 4.02. The first-order valence-electron chi connectivity index (χ1n) is 7.07. The topological polar surface area (TPSA) is 21.3 Å². The molecule has 1 aromatic rings. The maximum Gasteiger partial charge on any atom is 0.123 e. The van der Waals surface area contributed by atoms with E-state index in [2.05, 4.69) is 42.6 Å². The van der Waals surface area contributed by atoms with Crippen LogP contribution >= 0.6 is 0 Å². The molecule has 0 aromatic heterocycles. The summed E-state index contributed by atoms with van der Waals surface area (Å²) in [7, 11) is 0. The van der Waals surface area contributed by atoms with Crippen LogP contribution in [0, 0.1) is 5.92 Å². The van der Waals surface area contributed by atoms with E-state index in [0.29, 0.717) is 24.0 Å². The molecule has 4 unspecified atom stereocenters. The van der Waals surface area contributed by atoms with E-state index >= 15 is 0 Å². The third kappa shape index (κ3) is 1.33. The molecule has 0 amide bonds. The van der Waals surface area contributed by atoms with Gasteiger partial charge in [-0.25, -0.2) is 0 Å². The summed E-state index contributed by atoms with van der Waals surface area (Å²) in [5.41, 5.74) is 3.00. The highest BCUT2D eigenvalue weighted by Crippen LogP contribution is 2.51. The van der Waals surface area contributed by atoms with Gasteiger partial charge in [0, 0.05) is 29.9 Å². The number of hydrogen-bond acceptors (Lipinski definition) is 2. The molecule has 0 saturated carbocycles. The van der Waals surface area contributed by atoms with Crippen LogP contribution < -0.4 is 10.1 Å². The third-order valence-corrected chi connectivity index (χ3v) is 4.68.